The van der Waals surface area contributed by atoms with Crippen molar-refractivity contribution in [2.24, 2.45) is 0 Å². The van der Waals surface area contributed by atoms with Crippen molar-refractivity contribution in [1.82, 2.24) is 29.3 Å². The molecule has 4 aromatic rings. The van der Waals surface area contributed by atoms with E-state index >= 15 is 0 Å². The highest BCUT2D eigenvalue weighted by Gasteiger charge is 2.28. The zero-order chi connectivity index (χ0) is 27.4. The third kappa shape index (κ3) is 5.93. The molecule has 0 radical (unpaired) electrons. The Morgan fingerprint density at radius 1 is 0.780 bits per heavy atom. The fourth-order valence-electron chi connectivity index (χ4n) is 6.55. The van der Waals surface area contributed by atoms with Crippen LogP contribution in [0.5, 0.6) is 0 Å². The molecule has 41 heavy (non-hydrogen) atoms. The molecule has 9 nitrogen and oxygen atoms in total. The van der Waals surface area contributed by atoms with E-state index in [0.717, 1.165) is 113 Å². The molecule has 1 N–H and O–H groups in total. The molecule has 5 heterocycles. The van der Waals surface area contributed by atoms with E-state index in [-0.39, 0.29) is 0 Å². The van der Waals surface area contributed by atoms with Gasteiger partial charge in [0.2, 0.25) is 5.95 Å². The quantitative estimate of drug-likeness (QED) is 0.366. The number of imidazole rings is 1. The molecule has 3 fully saturated rings. The second-order valence-corrected chi connectivity index (χ2v) is 11.5. The number of anilines is 2. The molecular weight excluding hydrogens is 512 g/mol. The van der Waals surface area contributed by atoms with Crippen molar-refractivity contribution >= 4 is 22.9 Å². The number of hydrogen-bond acceptors (Lipinski definition) is 8. The van der Waals surface area contributed by atoms with Gasteiger partial charge in [0.15, 0.2) is 17.0 Å². The Morgan fingerprint density at radius 2 is 1.49 bits per heavy atom. The Bertz CT molecular complexity index is 1410. The lowest BCUT2D eigenvalue weighted by molar-refractivity contribution is 0.0114. The van der Waals surface area contributed by atoms with Gasteiger partial charge in [-0.05, 0) is 43.4 Å². The SMILES string of the molecule is c1ccc(CN2CCC(Nc3nc(N4CCC(N5CCOCC5)CC4)nc4c3ncn4-c3ccccc3)CC2)cc1. The van der Waals surface area contributed by atoms with E-state index in [1.807, 2.05) is 12.4 Å². The summed E-state index contributed by atoms with van der Waals surface area (Å²) in [4.78, 5) is 22.6. The number of likely N-dealkylation sites (tertiary alicyclic amines) is 1. The molecule has 0 bridgehead atoms. The molecule has 0 aliphatic carbocycles. The van der Waals surface area contributed by atoms with E-state index in [9.17, 15) is 0 Å². The van der Waals surface area contributed by atoms with Crippen LogP contribution in [0, 0.1) is 0 Å². The lowest BCUT2D eigenvalue weighted by atomic mass is 10.0. The molecule has 2 aromatic heterocycles. The van der Waals surface area contributed by atoms with Crippen LogP contribution in [-0.2, 0) is 11.3 Å². The summed E-state index contributed by atoms with van der Waals surface area (Å²) in [5.41, 5.74) is 4.14. The van der Waals surface area contributed by atoms with Crippen molar-refractivity contribution in [2.45, 2.75) is 44.3 Å². The Kier molecular flexibility index (Phi) is 7.81. The summed E-state index contributed by atoms with van der Waals surface area (Å²) in [6.07, 6.45) is 6.30. The molecule has 3 aliphatic heterocycles. The van der Waals surface area contributed by atoms with Crippen molar-refractivity contribution in [3.05, 3.63) is 72.6 Å². The lowest BCUT2D eigenvalue weighted by Gasteiger charge is -2.40. The number of morpholine rings is 1. The van der Waals surface area contributed by atoms with Crippen LogP contribution in [0.1, 0.15) is 31.2 Å². The van der Waals surface area contributed by atoms with Gasteiger partial charge in [-0.2, -0.15) is 9.97 Å². The van der Waals surface area contributed by atoms with Gasteiger partial charge in [0.1, 0.15) is 6.33 Å². The van der Waals surface area contributed by atoms with E-state index in [1.165, 1.54) is 5.56 Å². The molecule has 7 rings (SSSR count). The maximum atomic E-state index is 5.58. The van der Waals surface area contributed by atoms with Crippen molar-refractivity contribution in [3.63, 3.8) is 0 Å². The van der Waals surface area contributed by atoms with Crippen molar-refractivity contribution < 1.29 is 4.74 Å². The van der Waals surface area contributed by atoms with Crippen LogP contribution >= 0.6 is 0 Å². The molecular formula is C32H40N8O. The fourth-order valence-corrected chi connectivity index (χ4v) is 6.55. The zero-order valence-electron chi connectivity index (χ0n) is 23.7. The van der Waals surface area contributed by atoms with Crippen LogP contribution in [0.15, 0.2) is 67.0 Å². The highest BCUT2D eigenvalue weighted by molar-refractivity contribution is 5.85. The largest absolute Gasteiger partial charge is 0.379 e. The zero-order valence-corrected chi connectivity index (χ0v) is 23.7. The molecule has 0 saturated carbocycles. The van der Waals surface area contributed by atoms with E-state index < -0.39 is 0 Å². The maximum absolute atomic E-state index is 5.58. The first-order valence-corrected chi connectivity index (χ1v) is 15.2. The van der Waals surface area contributed by atoms with Crippen LogP contribution in [0.3, 0.4) is 0 Å². The molecule has 214 valence electrons. The van der Waals surface area contributed by atoms with Crippen LogP contribution in [-0.4, -0.2) is 93.9 Å². The molecule has 2 aromatic carbocycles. The van der Waals surface area contributed by atoms with Gasteiger partial charge in [-0.15, -0.1) is 0 Å². The first-order chi connectivity index (χ1) is 20.3. The molecule has 3 saturated heterocycles. The van der Waals surface area contributed by atoms with Crippen molar-refractivity contribution in [3.8, 4) is 5.69 Å². The Hall–Kier alpha value is -3.53. The first kappa shape index (κ1) is 26.4. The van der Waals surface area contributed by atoms with Gasteiger partial charge >= 0.3 is 0 Å². The summed E-state index contributed by atoms with van der Waals surface area (Å²) in [6, 6.07) is 22.1. The van der Waals surface area contributed by atoms with Gasteiger partial charge in [-0.1, -0.05) is 48.5 Å². The van der Waals surface area contributed by atoms with E-state index in [2.05, 4.69) is 79.2 Å². The Balaban J connectivity index is 1.10. The molecule has 0 unspecified atom stereocenters. The monoisotopic (exact) mass is 552 g/mol. The summed E-state index contributed by atoms with van der Waals surface area (Å²) in [5.74, 6) is 1.66. The number of hydrogen-bond donors (Lipinski definition) is 1. The van der Waals surface area contributed by atoms with Crippen LogP contribution in [0.2, 0.25) is 0 Å². The van der Waals surface area contributed by atoms with Crippen LogP contribution < -0.4 is 10.2 Å². The summed E-state index contributed by atoms with van der Waals surface area (Å²) in [5, 5.41) is 3.81. The summed E-state index contributed by atoms with van der Waals surface area (Å²) < 4.78 is 7.67. The van der Waals surface area contributed by atoms with E-state index in [4.69, 9.17) is 19.7 Å². The number of fused-ring (bicyclic) bond motifs is 1. The molecule has 3 aliphatic rings. The average molecular weight is 553 g/mol. The number of piperidine rings is 2. The smallest absolute Gasteiger partial charge is 0.229 e. The predicted molar refractivity (Wildman–Crippen MR) is 163 cm³/mol. The Morgan fingerprint density at radius 3 is 2.22 bits per heavy atom. The van der Waals surface area contributed by atoms with E-state index in [0.29, 0.717) is 12.1 Å². The number of rotatable bonds is 7. The number of benzene rings is 2. The second-order valence-electron chi connectivity index (χ2n) is 11.5. The topological polar surface area (TPSA) is 74.6 Å². The minimum absolute atomic E-state index is 0.363. The first-order valence-electron chi connectivity index (χ1n) is 15.2. The fraction of sp³-hybridized carbons (Fsp3) is 0.469. The highest BCUT2D eigenvalue weighted by atomic mass is 16.5. The van der Waals surface area contributed by atoms with E-state index in [1.54, 1.807) is 0 Å². The lowest BCUT2D eigenvalue weighted by Crippen LogP contribution is -2.49. The average Bonchev–Trinajstić information content (AvgIpc) is 3.48. The number of nitrogens with one attached hydrogen (secondary N) is 1. The molecule has 0 atom stereocenters. The van der Waals surface area contributed by atoms with Crippen molar-refractivity contribution in [2.75, 3.05) is 62.7 Å². The third-order valence-electron chi connectivity index (χ3n) is 8.91. The van der Waals surface area contributed by atoms with Gasteiger partial charge in [0, 0.05) is 63.6 Å². The minimum Gasteiger partial charge on any atom is -0.379 e. The number of aromatic nitrogens is 4. The minimum atomic E-state index is 0.363. The summed E-state index contributed by atoms with van der Waals surface area (Å²) in [7, 11) is 0. The molecule has 0 spiro atoms. The van der Waals surface area contributed by atoms with Gasteiger partial charge < -0.3 is 15.0 Å². The summed E-state index contributed by atoms with van der Waals surface area (Å²) >= 11 is 0. The predicted octanol–water partition coefficient (Wildman–Crippen LogP) is 4.19. The Labute approximate surface area is 242 Å². The van der Waals surface area contributed by atoms with Crippen LogP contribution in [0.4, 0.5) is 11.8 Å². The number of para-hydroxylation sites is 1. The van der Waals surface area contributed by atoms with Gasteiger partial charge in [0.25, 0.3) is 0 Å². The molecule has 9 heteroatoms. The normalized spacial score (nSPS) is 20.0. The third-order valence-corrected chi connectivity index (χ3v) is 8.91. The standard InChI is InChI=1S/C32H40N8O/c1-3-7-25(8-4-1)23-37-15-11-26(12-16-37)34-30-29-31(40(24-33-29)28-9-5-2-6-10-28)36-32(35-30)39-17-13-27(14-18-39)38-19-21-41-22-20-38/h1-10,24,26-27H,11-23H2,(H,34,35,36). The molecule has 0 amide bonds. The van der Waals surface area contributed by atoms with Gasteiger partial charge in [-0.3, -0.25) is 14.4 Å². The van der Waals surface area contributed by atoms with Gasteiger partial charge in [-0.25, -0.2) is 4.98 Å². The summed E-state index contributed by atoms with van der Waals surface area (Å²) in [6.45, 7) is 8.87. The second kappa shape index (κ2) is 12.1. The number of ether oxygens (including phenoxy) is 1. The van der Waals surface area contributed by atoms with Crippen LogP contribution in [0.25, 0.3) is 16.9 Å². The number of nitrogens with zero attached hydrogens (tertiary/aromatic N) is 7. The van der Waals surface area contributed by atoms with Crippen molar-refractivity contribution in [1.29, 1.82) is 0 Å². The maximum Gasteiger partial charge on any atom is 0.229 e. The van der Waals surface area contributed by atoms with Gasteiger partial charge in [0.05, 0.1) is 13.2 Å². The highest BCUT2D eigenvalue weighted by Crippen LogP contribution is 2.29.